The van der Waals surface area contributed by atoms with Crippen LogP contribution in [-0.2, 0) is 4.79 Å². The van der Waals surface area contributed by atoms with Crippen LogP contribution in [0.25, 0.3) is 0 Å². The number of carbonyl (C=O) groups is 1. The van der Waals surface area contributed by atoms with E-state index in [0.717, 1.165) is 26.1 Å². The van der Waals surface area contributed by atoms with E-state index in [1.165, 1.54) is 0 Å². The lowest BCUT2D eigenvalue weighted by Gasteiger charge is -2.30. The summed E-state index contributed by atoms with van der Waals surface area (Å²) in [6.07, 6.45) is -2.85. The molecule has 1 rings (SSSR count). The van der Waals surface area contributed by atoms with Crippen molar-refractivity contribution in [2.75, 3.05) is 32.7 Å². The molecule has 4 nitrogen and oxygen atoms in total. The largest absolute Gasteiger partial charge is 0.393 e. The van der Waals surface area contributed by atoms with E-state index >= 15 is 0 Å². The lowest BCUT2D eigenvalue weighted by Crippen LogP contribution is -2.52. The summed E-state index contributed by atoms with van der Waals surface area (Å²) < 4.78 is 37.6. The third-order valence-electron chi connectivity index (χ3n) is 3.91. The number of nitrogens with one attached hydrogen (secondary N) is 2. The maximum atomic E-state index is 12.5. The van der Waals surface area contributed by atoms with Crippen LogP contribution < -0.4 is 10.6 Å². The van der Waals surface area contributed by atoms with Crippen LogP contribution in [0, 0.1) is 5.92 Å². The van der Waals surface area contributed by atoms with Crippen LogP contribution in [0.2, 0.25) is 0 Å². The highest BCUT2D eigenvalue weighted by Crippen LogP contribution is 2.31. The number of hydrogen-bond donors (Lipinski definition) is 2. The van der Waals surface area contributed by atoms with E-state index in [9.17, 15) is 18.0 Å². The van der Waals surface area contributed by atoms with E-state index in [2.05, 4.69) is 29.4 Å². The number of likely N-dealkylation sites (N-methyl/N-ethyl adjacent to an activating group) is 1. The number of rotatable bonds is 7. The number of amides is 1. The first kappa shape index (κ1) is 18.2. The molecular formula is C14H26F3N3O. The minimum absolute atomic E-state index is 0.0194. The highest BCUT2D eigenvalue weighted by atomic mass is 19.4. The predicted octanol–water partition coefficient (Wildman–Crippen LogP) is 1.76. The smallest absolute Gasteiger partial charge is 0.353 e. The van der Waals surface area contributed by atoms with Crippen molar-refractivity contribution in [3.8, 4) is 0 Å². The fourth-order valence-electron chi connectivity index (χ4n) is 2.56. The second-order valence-electron chi connectivity index (χ2n) is 5.50. The summed E-state index contributed by atoms with van der Waals surface area (Å²) in [6, 6.07) is -0.496. The van der Waals surface area contributed by atoms with E-state index in [4.69, 9.17) is 0 Å². The van der Waals surface area contributed by atoms with Crippen molar-refractivity contribution in [2.45, 2.75) is 45.3 Å². The van der Waals surface area contributed by atoms with Crippen molar-refractivity contribution < 1.29 is 18.0 Å². The SMILES string of the molecule is CCCN(CC)CCNC(=O)C1CCC(C(F)(F)F)CN1. The zero-order chi connectivity index (χ0) is 15.9. The van der Waals surface area contributed by atoms with Crippen LogP contribution >= 0.6 is 0 Å². The first-order chi connectivity index (χ1) is 9.88. The Morgan fingerprint density at radius 3 is 2.48 bits per heavy atom. The van der Waals surface area contributed by atoms with Gasteiger partial charge in [0.2, 0.25) is 5.91 Å². The van der Waals surface area contributed by atoms with Crippen LogP contribution in [0.3, 0.4) is 0 Å². The molecule has 0 aliphatic carbocycles. The summed E-state index contributed by atoms with van der Waals surface area (Å²) in [5.74, 6) is -1.52. The molecule has 2 N–H and O–H groups in total. The quantitative estimate of drug-likeness (QED) is 0.753. The number of hydrogen-bond acceptors (Lipinski definition) is 3. The third-order valence-corrected chi connectivity index (χ3v) is 3.91. The second kappa shape index (κ2) is 8.58. The molecular weight excluding hydrogens is 283 g/mol. The van der Waals surface area contributed by atoms with Gasteiger partial charge in [-0.2, -0.15) is 13.2 Å². The Kier molecular flexibility index (Phi) is 7.45. The molecule has 1 aliphatic heterocycles. The zero-order valence-electron chi connectivity index (χ0n) is 12.8. The normalized spacial score (nSPS) is 23.3. The Bertz CT molecular complexity index is 315. The lowest BCUT2D eigenvalue weighted by atomic mass is 9.94. The van der Waals surface area contributed by atoms with E-state index < -0.39 is 18.1 Å². The molecule has 0 aromatic rings. The van der Waals surface area contributed by atoms with Gasteiger partial charge >= 0.3 is 6.18 Å². The summed E-state index contributed by atoms with van der Waals surface area (Å²) in [7, 11) is 0. The predicted molar refractivity (Wildman–Crippen MR) is 76.0 cm³/mol. The standard InChI is InChI=1S/C14H26F3N3O/c1-3-8-20(4-2)9-7-18-13(21)12-6-5-11(10-19-12)14(15,16)17/h11-12,19H,3-10H2,1-2H3,(H,18,21). The Hall–Kier alpha value is -0.820. The molecule has 1 amide bonds. The molecule has 1 saturated heterocycles. The zero-order valence-corrected chi connectivity index (χ0v) is 12.8. The van der Waals surface area contributed by atoms with Crippen LogP contribution in [0.1, 0.15) is 33.1 Å². The summed E-state index contributed by atoms with van der Waals surface area (Å²) >= 11 is 0. The average molecular weight is 309 g/mol. The van der Waals surface area contributed by atoms with Gasteiger partial charge in [-0.05, 0) is 32.4 Å². The lowest BCUT2D eigenvalue weighted by molar-refractivity contribution is -0.180. The van der Waals surface area contributed by atoms with Gasteiger partial charge < -0.3 is 15.5 Å². The van der Waals surface area contributed by atoms with Gasteiger partial charge in [0.05, 0.1) is 12.0 Å². The van der Waals surface area contributed by atoms with Gasteiger partial charge in [0, 0.05) is 19.6 Å². The fourth-order valence-corrected chi connectivity index (χ4v) is 2.56. The van der Waals surface area contributed by atoms with Gasteiger partial charge in [-0.1, -0.05) is 13.8 Å². The Labute approximate surface area is 124 Å². The molecule has 2 atom stereocenters. The van der Waals surface area contributed by atoms with Gasteiger partial charge in [0.25, 0.3) is 0 Å². The van der Waals surface area contributed by atoms with E-state index in [-0.39, 0.29) is 25.3 Å². The number of alkyl halides is 3. The molecule has 1 aliphatic rings. The molecule has 7 heteroatoms. The summed E-state index contributed by atoms with van der Waals surface area (Å²) in [5.41, 5.74) is 0. The van der Waals surface area contributed by atoms with E-state index in [1.807, 2.05) is 0 Å². The first-order valence-corrected chi connectivity index (χ1v) is 7.68. The molecule has 0 saturated carbocycles. The Morgan fingerprint density at radius 1 is 1.29 bits per heavy atom. The van der Waals surface area contributed by atoms with Gasteiger partial charge in [-0.3, -0.25) is 4.79 Å². The summed E-state index contributed by atoms with van der Waals surface area (Å²) in [5, 5.41) is 5.51. The van der Waals surface area contributed by atoms with E-state index in [1.54, 1.807) is 0 Å². The van der Waals surface area contributed by atoms with Crippen LogP contribution in [-0.4, -0.2) is 55.7 Å². The fraction of sp³-hybridized carbons (Fsp3) is 0.929. The second-order valence-corrected chi connectivity index (χ2v) is 5.50. The summed E-state index contributed by atoms with van der Waals surface area (Å²) in [4.78, 5) is 14.1. The van der Waals surface area contributed by atoms with Crippen molar-refractivity contribution in [3.05, 3.63) is 0 Å². The molecule has 0 bridgehead atoms. The minimum atomic E-state index is -4.17. The molecule has 0 radical (unpaired) electrons. The monoisotopic (exact) mass is 309 g/mol. The van der Waals surface area contributed by atoms with Crippen molar-refractivity contribution in [1.82, 2.24) is 15.5 Å². The minimum Gasteiger partial charge on any atom is -0.353 e. The molecule has 1 fully saturated rings. The van der Waals surface area contributed by atoms with Gasteiger partial charge in [0.1, 0.15) is 0 Å². The topological polar surface area (TPSA) is 44.4 Å². The maximum Gasteiger partial charge on any atom is 0.393 e. The van der Waals surface area contributed by atoms with E-state index in [0.29, 0.717) is 6.54 Å². The molecule has 1 heterocycles. The van der Waals surface area contributed by atoms with Gasteiger partial charge in [-0.25, -0.2) is 0 Å². The van der Waals surface area contributed by atoms with Crippen molar-refractivity contribution in [1.29, 1.82) is 0 Å². The molecule has 21 heavy (non-hydrogen) atoms. The molecule has 2 unspecified atom stereocenters. The molecule has 0 spiro atoms. The number of halogens is 3. The van der Waals surface area contributed by atoms with Gasteiger partial charge in [0.15, 0.2) is 0 Å². The molecule has 124 valence electrons. The van der Waals surface area contributed by atoms with Crippen LogP contribution in [0.15, 0.2) is 0 Å². The van der Waals surface area contributed by atoms with Crippen molar-refractivity contribution in [2.24, 2.45) is 5.92 Å². The molecule has 0 aromatic heterocycles. The summed E-state index contributed by atoms with van der Waals surface area (Å²) in [6.45, 7) is 7.22. The highest BCUT2D eigenvalue weighted by Gasteiger charge is 2.42. The number of piperidine rings is 1. The average Bonchev–Trinajstić information content (AvgIpc) is 2.45. The number of carbonyl (C=O) groups excluding carboxylic acids is 1. The van der Waals surface area contributed by atoms with Gasteiger partial charge in [-0.15, -0.1) is 0 Å². The van der Waals surface area contributed by atoms with Crippen LogP contribution in [0.5, 0.6) is 0 Å². The van der Waals surface area contributed by atoms with Crippen LogP contribution in [0.4, 0.5) is 13.2 Å². The number of nitrogens with zero attached hydrogens (tertiary/aromatic N) is 1. The maximum absolute atomic E-state index is 12.5. The van der Waals surface area contributed by atoms with Crippen molar-refractivity contribution in [3.63, 3.8) is 0 Å². The van der Waals surface area contributed by atoms with Crippen molar-refractivity contribution >= 4 is 5.91 Å². The third kappa shape index (κ3) is 6.22. The Morgan fingerprint density at radius 2 is 2.00 bits per heavy atom. The Balaban J connectivity index is 2.25. The first-order valence-electron chi connectivity index (χ1n) is 7.68. The molecule has 0 aromatic carbocycles. The highest BCUT2D eigenvalue weighted by molar-refractivity contribution is 5.81.